The molecule has 1 atom stereocenters. The van der Waals surface area contributed by atoms with Crippen LogP contribution in [0.2, 0.25) is 0 Å². The fraction of sp³-hybridized carbons (Fsp3) is 0.538. The van der Waals surface area contributed by atoms with Gasteiger partial charge in [0, 0.05) is 19.3 Å². The zero-order valence-corrected chi connectivity index (χ0v) is 11.2. The van der Waals surface area contributed by atoms with Gasteiger partial charge in [0.1, 0.15) is 5.82 Å². The summed E-state index contributed by atoms with van der Waals surface area (Å²) < 4.78 is 0. The van der Waals surface area contributed by atoms with Gasteiger partial charge in [-0.1, -0.05) is 6.07 Å². The molecule has 0 saturated carbocycles. The Bertz CT molecular complexity index is 376. The van der Waals surface area contributed by atoms with Crippen LogP contribution in [0, 0.1) is 0 Å². The Labute approximate surface area is 108 Å². The maximum atomic E-state index is 11.5. The Morgan fingerprint density at radius 2 is 2.22 bits per heavy atom. The van der Waals surface area contributed by atoms with E-state index in [9.17, 15) is 9.90 Å². The van der Waals surface area contributed by atoms with E-state index < -0.39 is 6.10 Å². The number of hydrogen-bond donors (Lipinski definition) is 2. The maximum Gasteiger partial charge on any atom is 0.239 e. The number of aliphatic hydroxyl groups excluding tert-OH is 1. The van der Waals surface area contributed by atoms with Gasteiger partial charge in [0.25, 0.3) is 0 Å². The van der Waals surface area contributed by atoms with Crippen LogP contribution in [0.3, 0.4) is 0 Å². The first-order valence-electron chi connectivity index (χ1n) is 6.24. The van der Waals surface area contributed by atoms with E-state index in [1.165, 1.54) is 0 Å². The SMILES string of the molecule is CCNC(=O)CN(CC)c1ccc([C@@H](C)O)cn1. The van der Waals surface area contributed by atoms with Gasteiger partial charge in [0.2, 0.25) is 5.91 Å². The molecule has 18 heavy (non-hydrogen) atoms. The van der Waals surface area contributed by atoms with Gasteiger partial charge in [0.15, 0.2) is 0 Å². The number of amides is 1. The van der Waals surface area contributed by atoms with Gasteiger partial charge in [-0.05, 0) is 32.4 Å². The third-order valence-corrected chi connectivity index (χ3v) is 2.67. The van der Waals surface area contributed by atoms with Gasteiger partial charge >= 0.3 is 0 Å². The van der Waals surface area contributed by atoms with E-state index in [0.29, 0.717) is 19.6 Å². The third kappa shape index (κ3) is 4.00. The fourth-order valence-electron chi connectivity index (χ4n) is 1.61. The summed E-state index contributed by atoms with van der Waals surface area (Å²) in [5.41, 5.74) is 0.771. The predicted molar refractivity (Wildman–Crippen MR) is 71.4 cm³/mol. The number of likely N-dealkylation sites (N-methyl/N-ethyl adjacent to an activating group) is 2. The number of aromatic nitrogens is 1. The van der Waals surface area contributed by atoms with Crippen molar-refractivity contribution in [1.82, 2.24) is 10.3 Å². The van der Waals surface area contributed by atoms with E-state index in [-0.39, 0.29) is 5.91 Å². The molecule has 1 heterocycles. The standard InChI is InChI=1S/C13H21N3O2/c1-4-14-13(18)9-16(5-2)12-7-6-11(8-15-12)10(3)17/h6-8,10,17H,4-5,9H2,1-3H3,(H,14,18)/t10-/m1/s1. The summed E-state index contributed by atoms with van der Waals surface area (Å²) in [7, 11) is 0. The highest BCUT2D eigenvalue weighted by molar-refractivity contribution is 5.80. The smallest absolute Gasteiger partial charge is 0.239 e. The van der Waals surface area contributed by atoms with E-state index in [4.69, 9.17) is 0 Å². The molecule has 0 aliphatic heterocycles. The van der Waals surface area contributed by atoms with Crippen molar-refractivity contribution in [3.63, 3.8) is 0 Å². The highest BCUT2D eigenvalue weighted by atomic mass is 16.3. The molecule has 1 amide bonds. The lowest BCUT2D eigenvalue weighted by Gasteiger charge is -2.21. The normalized spacial score (nSPS) is 12.0. The minimum Gasteiger partial charge on any atom is -0.389 e. The second-order valence-electron chi connectivity index (χ2n) is 4.09. The summed E-state index contributed by atoms with van der Waals surface area (Å²) >= 11 is 0. The highest BCUT2D eigenvalue weighted by Gasteiger charge is 2.11. The number of carbonyl (C=O) groups excluding carboxylic acids is 1. The molecule has 0 aromatic carbocycles. The molecule has 1 aromatic rings. The lowest BCUT2D eigenvalue weighted by molar-refractivity contribution is -0.119. The van der Waals surface area contributed by atoms with E-state index in [2.05, 4.69) is 10.3 Å². The number of hydrogen-bond acceptors (Lipinski definition) is 4. The molecule has 0 saturated heterocycles. The summed E-state index contributed by atoms with van der Waals surface area (Å²) in [5.74, 6) is 0.730. The molecule has 0 unspecified atom stereocenters. The van der Waals surface area contributed by atoms with E-state index >= 15 is 0 Å². The van der Waals surface area contributed by atoms with Crippen molar-refractivity contribution in [1.29, 1.82) is 0 Å². The van der Waals surface area contributed by atoms with E-state index in [1.807, 2.05) is 30.9 Å². The molecule has 0 aliphatic carbocycles. The summed E-state index contributed by atoms with van der Waals surface area (Å²) in [6.07, 6.45) is 1.12. The van der Waals surface area contributed by atoms with Crippen molar-refractivity contribution >= 4 is 11.7 Å². The second kappa shape index (κ2) is 6.96. The van der Waals surface area contributed by atoms with Crippen molar-refractivity contribution in [2.75, 3.05) is 24.5 Å². The molecular weight excluding hydrogens is 230 g/mol. The second-order valence-corrected chi connectivity index (χ2v) is 4.09. The fourth-order valence-corrected chi connectivity index (χ4v) is 1.61. The molecule has 1 rings (SSSR count). The van der Waals surface area contributed by atoms with Crippen LogP contribution in [0.25, 0.3) is 0 Å². The maximum absolute atomic E-state index is 11.5. The Morgan fingerprint density at radius 3 is 2.67 bits per heavy atom. The average molecular weight is 251 g/mol. The predicted octanol–water partition coefficient (Wildman–Crippen LogP) is 1.10. The number of pyridine rings is 1. The van der Waals surface area contributed by atoms with Crippen LogP contribution in [0.1, 0.15) is 32.4 Å². The Kier molecular flexibility index (Phi) is 5.58. The van der Waals surface area contributed by atoms with Gasteiger partial charge in [-0.25, -0.2) is 4.98 Å². The Hall–Kier alpha value is -1.62. The molecule has 0 bridgehead atoms. The Balaban J connectivity index is 2.73. The summed E-state index contributed by atoms with van der Waals surface area (Å²) in [6, 6.07) is 3.65. The van der Waals surface area contributed by atoms with E-state index in [0.717, 1.165) is 11.4 Å². The zero-order valence-electron chi connectivity index (χ0n) is 11.2. The number of anilines is 1. The molecule has 0 radical (unpaired) electrons. The number of nitrogens with zero attached hydrogens (tertiary/aromatic N) is 2. The first-order valence-corrected chi connectivity index (χ1v) is 6.24. The van der Waals surface area contributed by atoms with Crippen LogP contribution < -0.4 is 10.2 Å². The van der Waals surface area contributed by atoms with Crippen molar-refractivity contribution < 1.29 is 9.90 Å². The average Bonchev–Trinajstić information content (AvgIpc) is 2.36. The van der Waals surface area contributed by atoms with Crippen LogP contribution in [-0.2, 0) is 4.79 Å². The minimum atomic E-state index is -0.523. The van der Waals surface area contributed by atoms with Crippen LogP contribution in [0.4, 0.5) is 5.82 Å². The number of aliphatic hydroxyl groups is 1. The van der Waals surface area contributed by atoms with Crippen LogP contribution in [-0.4, -0.2) is 35.6 Å². The van der Waals surface area contributed by atoms with Crippen molar-refractivity contribution in [3.05, 3.63) is 23.9 Å². The van der Waals surface area contributed by atoms with E-state index in [1.54, 1.807) is 13.1 Å². The quantitative estimate of drug-likeness (QED) is 0.794. The molecule has 5 nitrogen and oxygen atoms in total. The number of nitrogens with one attached hydrogen (secondary N) is 1. The number of carbonyl (C=O) groups is 1. The third-order valence-electron chi connectivity index (χ3n) is 2.67. The molecule has 2 N–H and O–H groups in total. The zero-order chi connectivity index (χ0) is 13.5. The van der Waals surface area contributed by atoms with Gasteiger partial charge < -0.3 is 15.3 Å². The molecule has 0 spiro atoms. The lowest BCUT2D eigenvalue weighted by atomic mass is 10.2. The topological polar surface area (TPSA) is 65.5 Å². The van der Waals surface area contributed by atoms with Crippen LogP contribution >= 0.6 is 0 Å². The van der Waals surface area contributed by atoms with Gasteiger partial charge in [-0.15, -0.1) is 0 Å². The lowest BCUT2D eigenvalue weighted by Crippen LogP contribution is -2.37. The molecule has 0 fully saturated rings. The summed E-state index contributed by atoms with van der Waals surface area (Å²) in [6.45, 7) is 7.20. The van der Waals surface area contributed by atoms with Crippen molar-refractivity contribution in [2.24, 2.45) is 0 Å². The van der Waals surface area contributed by atoms with Crippen LogP contribution in [0.5, 0.6) is 0 Å². The largest absolute Gasteiger partial charge is 0.389 e. The van der Waals surface area contributed by atoms with Gasteiger partial charge in [-0.3, -0.25) is 4.79 Å². The molecule has 5 heteroatoms. The summed E-state index contributed by atoms with van der Waals surface area (Å²) in [5, 5.41) is 12.2. The molecular formula is C13H21N3O2. The first-order chi connectivity index (χ1) is 8.58. The molecule has 1 aromatic heterocycles. The monoisotopic (exact) mass is 251 g/mol. The molecule has 0 aliphatic rings. The first kappa shape index (κ1) is 14.4. The van der Waals surface area contributed by atoms with Crippen LogP contribution in [0.15, 0.2) is 18.3 Å². The van der Waals surface area contributed by atoms with Crippen molar-refractivity contribution in [2.45, 2.75) is 26.9 Å². The minimum absolute atomic E-state index is 0.0132. The molecule has 100 valence electrons. The summed E-state index contributed by atoms with van der Waals surface area (Å²) in [4.78, 5) is 17.7. The number of rotatable bonds is 6. The van der Waals surface area contributed by atoms with Gasteiger partial charge in [-0.2, -0.15) is 0 Å². The van der Waals surface area contributed by atoms with Crippen molar-refractivity contribution in [3.8, 4) is 0 Å². The Morgan fingerprint density at radius 1 is 1.50 bits per heavy atom. The highest BCUT2D eigenvalue weighted by Crippen LogP contribution is 2.15. The van der Waals surface area contributed by atoms with Gasteiger partial charge in [0.05, 0.1) is 12.6 Å².